The smallest absolute Gasteiger partial charge is 0.230 e. The number of benzene rings is 1. The normalized spacial score (nSPS) is 16.0. The number of fused-ring (bicyclic) bond motifs is 1. The summed E-state index contributed by atoms with van der Waals surface area (Å²) in [6.07, 6.45) is 5.99. The van der Waals surface area contributed by atoms with Crippen molar-refractivity contribution < 1.29 is 9.53 Å². The molecule has 1 aromatic heterocycles. The summed E-state index contributed by atoms with van der Waals surface area (Å²) < 4.78 is 5.44. The van der Waals surface area contributed by atoms with Crippen molar-refractivity contribution in [1.82, 2.24) is 9.88 Å². The third kappa shape index (κ3) is 3.15. The van der Waals surface area contributed by atoms with Crippen LogP contribution in [-0.4, -0.2) is 43.5 Å². The number of carbonyl (C=O) groups is 1. The minimum atomic E-state index is -0.301. The molecule has 134 valence electrons. The van der Waals surface area contributed by atoms with Crippen LogP contribution in [0.1, 0.15) is 31.2 Å². The van der Waals surface area contributed by atoms with E-state index in [0.29, 0.717) is 6.54 Å². The number of carbonyl (C=O) groups excluding carboxylic acids is 1. The number of ether oxygens (including phenoxy) is 1. The summed E-state index contributed by atoms with van der Waals surface area (Å²) in [5, 5.41) is 4.61. The van der Waals surface area contributed by atoms with Gasteiger partial charge in [-0.2, -0.15) is 0 Å². The molecule has 1 N–H and O–H groups in total. The molecule has 1 heterocycles. The van der Waals surface area contributed by atoms with Crippen LogP contribution in [0.25, 0.3) is 10.9 Å². The van der Waals surface area contributed by atoms with Crippen LogP contribution in [0.3, 0.4) is 0 Å². The van der Waals surface area contributed by atoms with Gasteiger partial charge < -0.3 is 15.0 Å². The molecule has 0 bridgehead atoms. The summed E-state index contributed by atoms with van der Waals surface area (Å²) in [5.74, 6) is 0.992. The van der Waals surface area contributed by atoms with Gasteiger partial charge in [0.25, 0.3) is 0 Å². The monoisotopic (exact) mass is 341 g/mol. The van der Waals surface area contributed by atoms with Gasteiger partial charge in [0.05, 0.1) is 12.5 Å². The third-order valence-corrected chi connectivity index (χ3v) is 5.29. The van der Waals surface area contributed by atoms with Crippen molar-refractivity contribution >= 4 is 22.5 Å². The molecule has 1 aromatic carbocycles. The second-order valence-electron chi connectivity index (χ2n) is 7.21. The molecule has 1 aliphatic carbocycles. The highest BCUT2D eigenvalue weighted by Gasteiger charge is 2.42. The van der Waals surface area contributed by atoms with E-state index in [1.165, 1.54) is 0 Å². The number of pyridine rings is 1. The Morgan fingerprint density at radius 1 is 1.32 bits per heavy atom. The van der Waals surface area contributed by atoms with Crippen LogP contribution in [0.2, 0.25) is 0 Å². The first-order chi connectivity index (χ1) is 12.0. The number of methoxy groups -OCH3 is 1. The van der Waals surface area contributed by atoms with Crippen LogP contribution in [0, 0.1) is 12.3 Å². The molecule has 0 spiro atoms. The lowest BCUT2D eigenvalue weighted by Crippen LogP contribution is -2.43. The zero-order chi connectivity index (χ0) is 18.0. The van der Waals surface area contributed by atoms with Gasteiger partial charge in [-0.1, -0.05) is 25.0 Å². The quantitative estimate of drug-likeness (QED) is 0.902. The molecule has 5 nitrogen and oxygen atoms in total. The van der Waals surface area contributed by atoms with E-state index in [2.05, 4.69) is 16.4 Å². The molecule has 5 heteroatoms. The van der Waals surface area contributed by atoms with Gasteiger partial charge >= 0.3 is 0 Å². The van der Waals surface area contributed by atoms with Gasteiger partial charge in [-0.25, -0.2) is 0 Å². The Labute approximate surface area is 149 Å². The maximum absolute atomic E-state index is 12.8. The summed E-state index contributed by atoms with van der Waals surface area (Å²) >= 11 is 0. The average Bonchev–Trinajstić information content (AvgIpc) is 3.09. The number of nitrogens with zero attached hydrogens (tertiary/aromatic N) is 2. The van der Waals surface area contributed by atoms with Crippen molar-refractivity contribution in [2.75, 3.05) is 33.1 Å². The molecule has 1 amide bonds. The topological polar surface area (TPSA) is 54.5 Å². The highest BCUT2D eigenvalue weighted by Crippen LogP contribution is 2.40. The van der Waals surface area contributed by atoms with Crippen molar-refractivity contribution in [1.29, 1.82) is 0 Å². The number of amides is 1. The molecular weight excluding hydrogens is 314 g/mol. The van der Waals surface area contributed by atoms with Gasteiger partial charge in [0.1, 0.15) is 11.3 Å². The second-order valence-corrected chi connectivity index (χ2v) is 7.21. The van der Waals surface area contributed by atoms with Crippen LogP contribution >= 0.6 is 0 Å². The SMILES string of the molecule is COc1cccc2c(NCC3(C(=O)N(C)C)CCCC3)c(C)cnc12. The number of hydrogen-bond donors (Lipinski definition) is 1. The molecule has 0 aliphatic heterocycles. The summed E-state index contributed by atoms with van der Waals surface area (Å²) in [5.41, 5.74) is 2.66. The van der Waals surface area contributed by atoms with Crippen LogP contribution in [0.5, 0.6) is 5.75 Å². The van der Waals surface area contributed by atoms with Crippen molar-refractivity contribution in [3.63, 3.8) is 0 Å². The highest BCUT2D eigenvalue weighted by molar-refractivity contribution is 5.96. The second kappa shape index (κ2) is 6.90. The molecule has 2 aromatic rings. The Balaban J connectivity index is 1.95. The lowest BCUT2D eigenvalue weighted by molar-refractivity contribution is -0.138. The largest absolute Gasteiger partial charge is 0.494 e. The molecule has 1 fully saturated rings. The van der Waals surface area contributed by atoms with E-state index in [1.807, 2.05) is 39.3 Å². The Morgan fingerprint density at radius 2 is 2.04 bits per heavy atom. The summed E-state index contributed by atoms with van der Waals surface area (Å²) in [6, 6.07) is 5.95. The standard InChI is InChI=1S/C20H27N3O2/c1-14-12-21-18-15(8-7-9-16(18)25-4)17(14)22-13-20(10-5-6-11-20)19(24)23(2)3/h7-9,12H,5-6,10-11,13H2,1-4H3,(H,21,22). The minimum Gasteiger partial charge on any atom is -0.494 e. The number of para-hydroxylation sites is 1. The van der Waals surface area contributed by atoms with E-state index in [0.717, 1.165) is 53.6 Å². The van der Waals surface area contributed by atoms with Crippen molar-refractivity contribution in [3.8, 4) is 5.75 Å². The van der Waals surface area contributed by atoms with E-state index in [1.54, 1.807) is 12.0 Å². The minimum absolute atomic E-state index is 0.228. The van der Waals surface area contributed by atoms with Crippen molar-refractivity contribution in [3.05, 3.63) is 30.0 Å². The highest BCUT2D eigenvalue weighted by atomic mass is 16.5. The zero-order valence-electron chi connectivity index (χ0n) is 15.6. The third-order valence-electron chi connectivity index (χ3n) is 5.29. The van der Waals surface area contributed by atoms with E-state index in [9.17, 15) is 4.79 Å². The van der Waals surface area contributed by atoms with E-state index < -0.39 is 0 Å². The summed E-state index contributed by atoms with van der Waals surface area (Å²) in [4.78, 5) is 19.1. The lowest BCUT2D eigenvalue weighted by Gasteiger charge is -2.31. The first-order valence-corrected chi connectivity index (χ1v) is 8.86. The fraction of sp³-hybridized carbons (Fsp3) is 0.500. The van der Waals surface area contributed by atoms with Gasteiger partial charge in [-0.3, -0.25) is 9.78 Å². The van der Waals surface area contributed by atoms with Gasteiger partial charge in [0.15, 0.2) is 0 Å². The number of rotatable bonds is 5. The first kappa shape index (κ1) is 17.5. The molecule has 0 saturated heterocycles. The molecule has 3 rings (SSSR count). The fourth-order valence-corrected chi connectivity index (χ4v) is 3.94. The number of aromatic nitrogens is 1. The van der Waals surface area contributed by atoms with Gasteiger partial charge in [-0.15, -0.1) is 0 Å². The Hall–Kier alpha value is -2.30. The van der Waals surface area contributed by atoms with Crippen LogP contribution < -0.4 is 10.1 Å². The number of anilines is 1. The lowest BCUT2D eigenvalue weighted by atomic mass is 9.84. The molecule has 1 saturated carbocycles. The van der Waals surface area contributed by atoms with Gasteiger partial charge in [0, 0.05) is 37.9 Å². The van der Waals surface area contributed by atoms with Gasteiger partial charge in [0.2, 0.25) is 5.91 Å². The van der Waals surface area contributed by atoms with E-state index in [-0.39, 0.29) is 11.3 Å². The first-order valence-electron chi connectivity index (χ1n) is 8.86. The maximum Gasteiger partial charge on any atom is 0.230 e. The molecular formula is C20H27N3O2. The maximum atomic E-state index is 12.8. The zero-order valence-corrected chi connectivity index (χ0v) is 15.6. The van der Waals surface area contributed by atoms with E-state index >= 15 is 0 Å². The molecule has 0 radical (unpaired) electrons. The van der Waals surface area contributed by atoms with E-state index in [4.69, 9.17) is 4.74 Å². The molecule has 0 unspecified atom stereocenters. The van der Waals surface area contributed by atoms with Crippen LogP contribution in [-0.2, 0) is 4.79 Å². The predicted octanol–water partition coefficient (Wildman–Crippen LogP) is 3.61. The fourth-order valence-electron chi connectivity index (χ4n) is 3.94. The summed E-state index contributed by atoms with van der Waals surface area (Å²) in [6.45, 7) is 2.70. The Kier molecular flexibility index (Phi) is 4.84. The Bertz CT molecular complexity index is 780. The Morgan fingerprint density at radius 3 is 2.68 bits per heavy atom. The number of hydrogen-bond acceptors (Lipinski definition) is 4. The molecule has 0 atom stereocenters. The average molecular weight is 341 g/mol. The number of nitrogens with one attached hydrogen (secondary N) is 1. The van der Waals surface area contributed by atoms with Gasteiger partial charge in [-0.05, 0) is 31.4 Å². The van der Waals surface area contributed by atoms with Crippen LogP contribution in [0.4, 0.5) is 5.69 Å². The molecule has 25 heavy (non-hydrogen) atoms. The predicted molar refractivity (Wildman–Crippen MR) is 101 cm³/mol. The van der Waals surface area contributed by atoms with Crippen LogP contribution in [0.15, 0.2) is 24.4 Å². The summed E-state index contributed by atoms with van der Waals surface area (Å²) in [7, 11) is 5.35. The molecule has 1 aliphatic rings. The van der Waals surface area contributed by atoms with Crippen molar-refractivity contribution in [2.24, 2.45) is 5.41 Å². The van der Waals surface area contributed by atoms with Crippen molar-refractivity contribution in [2.45, 2.75) is 32.6 Å². The number of aryl methyl sites for hydroxylation is 1.